The summed E-state index contributed by atoms with van der Waals surface area (Å²) in [6.07, 6.45) is 6.18. The number of ether oxygens (including phenoxy) is 1. The van der Waals surface area contributed by atoms with Crippen molar-refractivity contribution in [1.29, 1.82) is 0 Å². The normalized spacial score (nSPS) is 12.4. The molecule has 98 valence electrons. The van der Waals surface area contributed by atoms with Crippen LogP contribution < -0.4 is 5.32 Å². The average Bonchev–Trinajstić information content (AvgIpc) is 2.21. The van der Waals surface area contributed by atoms with Gasteiger partial charge < -0.3 is 10.1 Å². The van der Waals surface area contributed by atoms with Crippen LogP contribution in [0, 0.1) is 0 Å². The molecule has 0 fully saturated rings. The Balaban J connectivity index is 3.16. The Labute approximate surface area is 102 Å². The Bertz CT molecular complexity index is 155. The van der Waals surface area contributed by atoms with Crippen molar-refractivity contribution in [3.8, 4) is 0 Å². The van der Waals surface area contributed by atoms with E-state index in [0.717, 1.165) is 19.6 Å². The molecule has 1 N–H and O–H groups in total. The lowest BCUT2D eigenvalue weighted by molar-refractivity contribution is -0.0216. The van der Waals surface area contributed by atoms with Crippen LogP contribution in [0.4, 0.5) is 0 Å². The van der Waals surface area contributed by atoms with Gasteiger partial charge in [-0.05, 0) is 39.7 Å². The quantitative estimate of drug-likeness (QED) is 0.576. The lowest BCUT2D eigenvalue weighted by Crippen LogP contribution is -2.24. The molecule has 0 aromatic heterocycles. The maximum Gasteiger partial charge on any atom is 0.0623 e. The van der Waals surface area contributed by atoms with Gasteiger partial charge in [0.05, 0.1) is 5.60 Å². The molecule has 0 atom stereocenters. The van der Waals surface area contributed by atoms with Gasteiger partial charge in [0.15, 0.2) is 0 Å². The summed E-state index contributed by atoms with van der Waals surface area (Å²) in [6.45, 7) is 13.0. The molecular weight excluding hydrogens is 198 g/mol. The summed E-state index contributed by atoms with van der Waals surface area (Å²) in [5.74, 6) is 0. The van der Waals surface area contributed by atoms with Crippen LogP contribution in [0.15, 0.2) is 0 Å². The lowest BCUT2D eigenvalue weighted by atomic mass is 10.1. The van der Waals surface area contributed by atoms with Crippen molar-refractivity contribution in [3.05, 3.63) is 0 Å². The minimum absolute atomic E-state index is 0.0686. The van der Waals surface area contributed by atoms with Crippen LogP contribution in [-0.4, -0.2) is 24.8 Å². The molecule has 2 nitrogen and oxygen atoms in total. The van der Waals surface area contributed by atoms with Gasteiger partial charge in [-0.2, -0.15) is 0 Å². The monoisotopic (exact) mass is 229 g/mol. The fraction of sp³-hybridized carbons (Fsp3) is 1.00. The maximum atomic E-state index is 5.81. The minimum Gasteiger partial charge on any atom is -0.376 e. The van der Waals surface area contributed by atoms with Gasteiger partial charge in [0.25, 0.3) is 0 Å². The van der Waals surface area contributed by atoms with E-state index in [1.807, 2.05) is 0 Å². The highest BCUT2D eigenvalue weighted by atomic mass is 16.5. The highest BCUT2D eigenvalue weighted by molar-refractivity contribution is 4.64. The van der Waals surface area contributed by atoms with Crippen LogP contribution in [0.5, 0.6) is 0 Å². The summed E-state index contributed by atoms with van der Waals surface area (Å²) in [5.41, 5.74) is 0.0686. The van der Waals surface area contributed by atoms with Gasteiger partial charge in [-0.25, -0.2) is 0 Å². The van der Waals surface area contributed by atoms with E-state index in [1.165, 1.54) is 25.7 Å². The molecule has 2 heteroatoms. The second-order valence-electron chi connectivity index (χ2n) is 5.48. The molecule has 0 bridgehead atoms. The summed E-state index contributed by atoms with van der Waals surface area (Å²) < 4.78 is 5.81. The van der Waals surface area contributed by atoms with Gasteiger partial charge in [-0.3, -0.25) is 0 Å². The summed E-state index contributed by atoms with van der Waals surface area (Å²) >= 11 is 0. The Hall–Kier alpha value is -0.0800. The lowest BCUT2D eigenvalue weighted by Gasteiger charge is -2.23. The number of hydrogen-bond acceptors (Lipinski definition) is 2. The predicted molar refractivity (Wildman–Crippen MR) is 71.9 cm³/mol. The van der Waals surface area contributed by atoms with Crippen molar-refractivity contribution >= 4 is 0 Å². The second-order valence-corrected chi connectivity index (χ2v) is 5.48. The predicted octanol–water partition coefficient (Wildman–Crippen LogP) is 3.75. The van der Waals surface area contributed by atoms with Crippen LogP contribution >= 0.6 is 0 Å². The largest absolute Gasteiger partial charge is 0.376 e. The first kappa shape index (κ1) is 15.9. The third kappa shape index (κ3) is 10.4. The van der Waals surface area contributed by atoms with E-state index in [0.29, 0.717) is 6.04 Å². The molecule has 16 heavy (non-hydrogen) atoms. The first-order chi connectivity index (χ1) is 7.48. The Morgan fingerprint density at radius 1 is 1.06 bits per heavy atom. The van der Waals surface area contributed by atoms with Crippen LogP contribution in [0.3, 0.4) is 0 Å². The zero-order valence-electron chi connectivity index (χ0n) is 11.9. The first-order valence-electron chi connectivity index (χ1n) is 6.85. The average molecular weight is 229 g/mol. The molecule has 0 aromatic carbocycles. The molecule has 0 aliphatic carbocycles. The van der Waals surface area contributed by atoms with Gasteiger partial charge >= 0.3 is 0 Å². The Morgan fingerprint density at radius 2 is 1.69 bits per heavy atom. The molecule has 0 amide bonds. The Kier molecular flexibility index (Phi) is 8.96. The third-order valence-electron chi connectivity index (χ3n) is 2.97. The summed E-state index contributed by atoms with van der Waals surface area (Å²) in [4.78, 5) is 0. The van der Waals surface area contributed by atoms with Crippen molar-refractivity contribution in [1.82, 2.24) is 5.32 Å². The standard InChI is InChI=1S/C14H31NO/c1-6-14(4,5)16-12-10-8-7-9-11-15-13(2)3/h13,15H,6-12H2,1-5H3. The molecule has 0 aromatic rings. The smallest absolute Gasteiger partial charge is 0.0623 e. The zero-order valence-corrected chi connectivity index (χ0v) is 11.9. The summed E-state index contributed by atoms with van der Waals surface area (Å²) in [5, 5.41) is 3.44. The number of rotatable bonds is 10. The third-order valence-corrected chi connectivity index (χ3v) is 2.97. The number of nitrogens with one attached hydrogen (secondary N) is 1. The van der Waals surface area contributed by atoms with Crippen LogP contribution in [0.25, 0.3) is 0 Å². The molecular formula is C14H31NO. The van der Waals surface area contributed by atoms with E-state index in [4.69, 9.17) is 4.74 Å². The fourth-order valence-electron chi connectivity index (χ4n) is 1.42. The van der Waals surface area contributed by atoms with Crippen molar-refractivity contribution in [2.24, 2.45) is 0 Å². The molecule has 0 unspecified atom stereocenters. The van der Waals surface area contributed by atoms with Crippen molar-refractivity contribution in [2.45, 2.75) is 78.4 Å². The molecule has 0 spiro atoms. The molecule has 0 aliphatic rings. The molecule has 0 heterocycles. The fourth-order valence-corrected chi connectivity index (χ4v) is 1.42. The highest BCUT2D eigenvalue weighted by Crippen LogP contribution is 2.14. The zero-order chi connectivity index (χ0) is 12.4. The molecule has 0 aliphatic heterocycles. The van der Waals surface area contributed by atoms with E-state index in [1.54, 1.807) is 0 Å². The van der Waals surface area contributed by atoms with E-state index in [2.05, 4.69) is 39.9 Å². The van der Waals surface area contributed by atoms with Gasteiger partial charge in [-0.15, -0.1) is 0 Å². The molecule has 0 radical (unpaired) electrons. The topological polar surface area (TPSA) is 21.3 Å². The van der Waals surface area contributed by atoms with E-state index < -0.39 is 0 Å². The van der Waals surface area contributed by atoms with E-state index in [-0.39, 0.29) is 5.60 Å². The van der Waals surface area contributed by atoms with Crippen LogP contribution in [-0.2, 0) is 4.74 Å². The van der Waals surface area contributed by atoms with Crippen molar-refractivity contribution in [2.75, 3.05) is 13.2 Å². The molecule has 0 rings (SSSR count). The molecule has 0 saturated heterocycles. The van der Waals surface area contributed by atoms with Gasteiger partial charge in [-0.1, -0.05) is 33.6 Å². The van der Waals surface area contributed by atoms with Crippen LogP contribution in [0.1, 0.15) is 66.7 Å². The number of hydrogen-bond donors (Lipinski definition) is 1. The van der Waals surface area contributed by atoms with Gasteiger partial charge in [0.1, 0.15) is 0 Å². The maximum absolute atomic E-state index is 5.81. The number of unbranched alkanes of at least 4 members (excludes halogenated alkanes) is 3. The van der Waals surface area contributed by atoms with E-state index in [9.17, 15) is 0 Å². The van der Waals surface area contributed by atoms with Gasteiger partial charge in [0, 0.05) is 12.6 Å². The van der Waals surface area contributed by atoms with Crippen molar-refractivity contribution in [3.63, 3.8) is 0 Å². The summed E-state index contributed by atoms with van der Waals surface area (Å²) in [7, 11) is 0. The second kappa shape index (κ2) is 9.00. The SMILES string of the molecule is CCC(C)(C)OCCCCCCNC(C)C. The van der Waals surface area contributed by atoms with E-state index >= 15 is 0 Å². The summed E-state index contributed by atoms with van der Waals surface area (Å²) in [6, 6.07) is 0.619. The molecule has 0 saturated carbocycles. The minimum atomic E-state index is 0.0686. The Morgan fingerprint density at radius 3 is 2.25 bits per heavy atom. The van der Waals surface area contributed by atoms with Gasteiger partial charge in [0.2, 0.25) is 0 Å². The highest BCUT2D eigenvalue weighted by Gasteiger charge is 2.13. The van der Waals surface area contributed by atoms with Crippen LogP contribution in [0.2, 0.25) is 0 Å². The first-order valence-corrected chi connectivity index (χ1v) is 6.85. The van der Waals surface area contributed by atoms with Crippen molar-refractivity contribution < 1.29 is 4.74 Å².